The zero-order chi connectivity index (χ0) is 15.0. The lowest BCUT2D eigenvalue weighted by Gasteiger charge is -2.36. The molecule has 2 N–H and O–H groups in total. The lowest BCUT2D eigenvalue weighted by Crippen LogP contribution is -2.50. The number of benzene rings is 2. The van der Waals surface area contributed by atoms with E-state index in [1.807, 2.05) is 0 Å². The summed E-state index contributed by atoms with van der Waals surface area (Å²) >= 11 is 0. The molecule has 0 aliphatic carbocycles. The van der Waals surface area contributed by atoms with Crippen LogP contribution >= 0.6 is 0 Å². The molecule has 6 heteroatoms. The van der Waals surface area contributed by atoms with Crippen molar-refractivity contribution in [3.8, 4) is 0 Å². The van der Waals surface area contributed by atoms with Gasteiger partial charge in [-0.3, -0.25) is 10.0 Å². The molecule has 0 unspecified atom stereocenters. The van der Waals surface area contributed by atoms with E-state index in [1.54, 1.807) is 48.5 Å². The second-order valence-electron chi connectivity index (χ2n) is 4.65. The molecule has 0 aromatic heterocycles. The molecule has 6 nitrogen and oxygen atoms in total. The monoisotopic (exact) mass is 283 g/mol. The molecule has 0 spiro atoms. The highest BCUT2D eigenvalue weighted by molar-refractivity contribution is 6.08. The molecule has 3 rings (SSSR count). The third-order valence-corrected chi connectivity index (χ3v) is 3.26. The van der Waals surface area contributed by atoms with E-state index < -0.39 is 6.03 Å². The number of hydrogen-bond acceptors (Lipinski definition) is 4. The number of para-hydroxylation sites is 2. The van der Waals surface area contributed by atoms with Crippen LogP contribution in [0, 0.1) is 0 Å². The summed E-state index contributed by atoms with van der Waals surface area (Å²) in [6.07, 6.45) is 0. The van der Waals surface area contributed by atoms with E-state index in [9.17, 15) is 14.8 Å². The van der Waals surface area contributed by atoms with Crippen LogP contribution in [0.25, 0.3) is 0 Å². The number of nitrogens with one attached hydrogen (secondary N) is 1. The van der Waals surface area contributed by atoms with Crippen LogP contribution in [0.1, 0.15) is 17.3 Å². The van der Waals surface area contributed by atoms with Gasteiger partial charge in [-0.25, -0.2) is 4.79 Å². The minimum Gasteiger partial charge on any atom is -0.304 e. The minimum absolute atomic E-state index is 0.0594. The molecule has 0 saturated heterocycles. The Morgan fingerprint density at radius 2 is 1.76 bits per heavy atom. The van der Waals surface area contributed by atoms with Crippen LogP contribution in [0.3, 0.4) is 0 Å². The number of hydrogen-bond donors (Lipinski definition) is 2. The third kappa shape index (κ3) is 2.21. The number of fused-ring (bicyclic) bond motifs is 1. The van der Waals surface area contributed by atoms with Crippen LogP contribution in [0.2, 0.25) is 0 Å². The Labute approximate surface area is 121 Å². The fraction of sp³-hybridized carbons (Fsp3) is 0.0667. The first-order valence-electron chi connectivity index (χ1n) is 6.38. The number of rotatable bonds is 2. The van der Waals surface area contributed by atoms with Gasteiger partial charge in [0.2, 0.25) is 0 Å². The zero-order valence-electron chi connectivity index (χ0n) is 11.3. The molecule has 0 fully saturated rings. The van der Waals surface area contributed by atoms with Gasteiger partial charge in [-0.05, 0) is 43.3 Å². The number of carbonyl (C=O) groups excluding carboxylic acids is 2. The average molecular weight is 283 g/mol. The molecule has 0 radical (unpaired) electrons. The van der Waals surface area contributed by atoms with E-state index in [1.165, 1.54) is 6.92 Å². The fourth-order valence-corrected chi connectivity index (χ4v) is 2.18. The highest BCUT2D eigenvalue weighted by atomic mass is 16.6. The molecule has 0 bridgehead atoms. The molecular formula is C15H13N3O3. The summed E-state index contributed by atoms with van der Waals surface area (Å²) in [5.41, 5.74) is 1.99. The molecule has 106 valence electrons. The Morgan fingerprint density at radius 1 is 1.10 bits per heavy atom. The van der Waals surface area contributed by atoms with E-state index >= 15 is 0 Å². The molecule has 2 aromatic carbocycles. The third-order valence-electron chi connectivity index (χ3n) is 3.26. The molecule has 2 aromatic rings. The van der Waals surface area contributed by atoms with Crippen molar-refractivity contribution in [2.24, 2.45) is 0 Å². The summed E-state index contributed by atoms with van der Waals surface area (Å²) in [6, 6.07) is 12.9. The molecule has 2 amide bonds. The first-order valence-corrected chi connectivity index (χ1v) is 6.38. The van der Waals surface area contributed by atoms with Crippen LogP contribution in [-0.2, 0) is 0 Å². The van der Waals surface area contributed by atoms with Crippen molar-refractivity contribution >= 4 is 28.9 Å². The van der Waals surface area contributed by atoms with Crippen LogP contribution in [0.4, 0.5) is 21.9 Å². The molecule has 0 atom stereocenters. The van der Waals surface area contributed by atoms with Gasteiger partial charge in [0.15, 0.2) is 5.78 Å². The van der Waals surface area contributed by atoms with Gasteiger partial charge < -0.3 is 5.32 Å². The van der Waals surface area contributed by atoms with E-state index in [0.717, 1.165) is 10.2 Å². The number of hydrazine groups is 1. The van der Waals surface area contributed by atoms with Gasteiger partial charge in [-0.2, -0.15) is 10.2 Å². The van der Waals surface area contributed by atoms with Gasteiger partial charge >= 0.3 is 6.03 Å². The maximum absolute atomic E-state index is 12.1. The average Bonchev–Trinajstić information content (AvgIpc) is 2.48. The van der Waals surface area contributed by atoms with Gasteiger partial charge in [0.1, 0.15) is 5.69 Å². The lowest BCUT2D eigenvalue weighted by molar-refractivity contribution is 0.101. The maximum atomic E-state index is 12.1. The Hall–Kier alpha value is -2.86. The van der Waals surface area contributed by atoms with Gasteiger partial charge in [-0.1, -0.05) is 12.1 Å². The molecule has 21 heavy (non-hydrogen) atoms. The van der Waals surface area contributed by atoms with Crippen molar-refractivity contribution in [2.75, 3.05) is 15.5 Å². The van der Waals surface area contributed by atoms with Gasteiger partial charge in [0.25, 0.3) is 0 Å². The Kier molecular flexibility index (Phi) is 3.08. The summed E-state index contributed by atoms with van der Waals surface area (Å²) in [7, 11) is 0. The zero-order valence-corrected chi connectivity index (χ0v) is 11.3. The van der Waals surface area contributed by atoms with Crippen LogP contribution in [0.5, 0.6) is 0 Å². The molecule has 0 saturated carbocycles. The van der Waals surface area contributed by atoms with E-state index in [4.69, 9.17) is 0 Å². The highest BCUT2D eigenvalue weighted by Gasteiger charge is 2.30. The normalized spacial score (nSPS) is 13.7. The van der Waals surface area contributed by atoms with Gasteiger partial charge in [0.05, 0.1) is 11.4 Å². The maximum Gasteiger partial charge on any atom is 0.347 e. The summed E-state index contributed by atoms with van der Waals surface area (Å²) < 4.78 is 0. The van der Waals surface area contributed by atoms with Gasteiger partial charge in [0, 0.05) is 5.56 Å². The SMILES string of the molecule is CC(=O)c1ccc(N2C(=O)Nc3ccccc3N2O)cc1. The lowest BCUT2D eigenvalue weighted by atomic mass is 10.1. The molecular weight excluding hydrogens is 270 g/mol. The Bertz CT molecular complexity index is 712. The van der Waals surface area contributed by atoms with Crippen molar-refractivity contribution in [1.82, 2.24) is 0 Å². The predicted octanol–water partition coefficient (Wildman–Crippen LogP) is 3.05. The number of urea groups is 1. The van der Waals surface area contributed by atoms with Crippen molar-refractivity contribution in [2.45, 2.75) is 6.92 Å². The first-order chi connectivity index (χ1) is 10.1. The largest absolute Gasteiger partial charge is 0.347 e. The topological polar surface area (TPSA) is 72.9 Å². The Morgan fingerprint density at radius 3 is 2.43 bits per heavy atom. The van der Waals surface area contributed by atoms with Crippen molar-refractivity contribution in [3.05, 3.63) is 54.1 Å². The minimum atomic E-state index is -0.480. The number of nitrogens with zero attached hydrogens (tertiary/aromatic N) is 2. The Balaban J connectivity index is 1.99. The van der Waals surface area contributed by atoms with Crippen molar-refractivity contribution in [1.29, 1.82) is 0 Å². The summed E-state index contributed by atoms with van der Waals surface area (Å²) in [5.74, 6) is -0.0594. The van der Waals surface area contributed by atoms with Crippen LogP contribution in [-0.4, -0.2) is 17.0 Å². The first kappa shape index (κ1) is 13.1. The van der Waals surface area contributed by atoms with Crippen LogP contribution in [0.15, 0.2) is 48.5 Å². The van der Waals surface area contributed by atoms with Gasteiger partial charge in [-0.15, -0.1) is 0 Å². The quantitative estimate of drug-likeness (QED) is 0.831. The van der Waals surface area contributed by atoms with Crippen LogP contribution < -0.4 is 15.5 Å². The second kappa shape index (κ2) is 4.92. The van der Waals surface area contributed by atoms with E-state index in [0.29, 0.717) is 22.6 Å². The summed E-state index contributed by atoms with van der Waals surface area (Å²) in [6.45, 7) is 1.47. The van der Waals surface area contributed by atoms with Crippen molar-refractivity contribution < 1.29 is 14.8 Å². The van der Waals surface area contributed by atoms with E-state index in [-0.39, 0.29) is 5.78 Å². The summed E-state index contributed by atoms with van der Waals surface area (Å²) in [5, 5.41) is 14.8. The molecule has 1 aliphatic heterocycles. The summed E-state index contributed by atoms with van der Waals surface area (Å²) in [4.78, 5) is 23.4. The van der Waals surface area contributed by atoms with Crippen molar-refractivity contribution in [3.63, 3.8) is 0 Å². The highest BCUT2D eigenvalue weighted by Crippen LogP contribution is 2.32. The molecule has 1 aliphatic rings. The number of Topliss-reactive ketones (excluding diaryl/α,β-unsaturated/α-hetero) is 1. The number of amides is 2. The fourth-order valence-electron chi connectivity index (χ4n) is 2.18. The standard InChI is InChI=1S/C15H13N3O3/c1-10(19)11-6-8-12(9-7-11)17-15(20)16-13-4-2-3-5-14(13)18(17)21/h2-9,21H,1H3,(H,16,20). The number of carbonyl (C=O) groups is 2. The van der Waals surface area contributed by atoms with E-state index in [2.05, 4.69) is 5.32 Å². The smallest absolute Gasteiger partial charge is 0.304 e. The predicted molar refractivity (Wildman–Crippen MR) is 78.7 cm³/mol. The number of anilines is 3. The second-order valence-corrected chi connectivity index (χ2v) is 4.65. The molecule has 1 heterocycles. The number of ketones is 1.